The number of rotatable bonds is 50. The van der Waals surface area contributed by atoms with Crippen LogP contribution in [-0.2, 0) is 28.6 Å². The summed E-state index contributed by atoms with van der Waals surface area (Å²) in [6.45, 7) is 6.43. The molecule has 0 N–H and O–H groups in total. The van der Waals surface area contributed by atoms with Crippen LogP contribution in [0.2, 0.25) is 0 Å². The Morgan fingerprint density at radius 3 is 1.01 bits per heavy atom. The second-order valence-corrected chi connectivity index (χ2v) is 18.5. The molecule has 1 atom stereocenters. The lowest BCUT2D eigenvalue weighted by molar-refractivity contribution is -0.166. The van der Waals surface area contributed by atoms with Crippen LogP contribution in [-0.4, -0.2) is 37.2 Å². The second-order valence-electron chi connectivity index (χ2n) is 18.5. The maximum atomic E-state index is 12.8. The summed E-state index contributed by atoms with van der Waals surface area (Å²) < 4.78 is 16.8. The Balaban J connectivity index is 4.50. The molecule has 68 heavy (non-hydrogen) atoms. The number of hydrogen-bond donors (Lipinski definition) is 0. The van der Waals surface area contributed by atoms with E-state index in [1.54, 1.807) is 0 Å². The van der Waals surface area contributed by atoms with E-state index in [1.165, 1.54) is 109 Å². The third kappa shape index (κ3) is 53.3. The van der Waals surface area contributed by atoms with E-state index >= 15 is 0 Å². The Morgan fingerprint density at radius 2 is 0.603 bits per heavy atom. The molecule has 0 radical (unpaired) electrons. The fraction of sp³-hybridized carbons (Fsp3) is 0.694. The molecule has 0 aromatic carbocycles. The molecule has 6 heteroatoms. The number of hydrogen-bond acceptors (Lipinski definition) is 6. The van der Waals surface area contributed by atoms with Gasteiger partial charge < -0.3 is 14.2 Å². The van der Waals surface area contributed by atoms with Gasteiger partial charge in [0.2, 0.25) is 0 Å². The van der Waals surface area contributed by atoms with Crippen LogP contribution in [0.3, 0.4) is 0 Å². The van der Waals surface area contributed by atoms with E-state index in [4.69, 9.17) is 14.2 Å². The normalized spacial score (nSPS) is 12.8. The highest BCUT2D eigenvalue weighted by molar-refractivity contribution is 5.71. The van der Waals surface area contributed by atoms with Crippen molar-refractivity contribution in [3.8, 4) is 0 Å². The van der Waals surface area contributed by atoms with Gasteiger partial charge in [-0.15, -0.1) is 0 Å². The second kappa shape index (κ2) is 55.9. The van der Waals surface area contributed by atoms with Crippen LogP contribution in [0, 0.1) is 0 Å². The molecule has 6 nitrogen and oxygen atoms in total. The lowest BCUT2D eigenvalue weighted by atomic mass is 10.1. The molecule has 1 unspecified atom stereocenters. The summed E-state index contributed by atoms with van der Waals surface area (Å²) in [6, 6.07) is 0. The van der Waals surface area contributed by atoms with Crippen molar-refractivity contribution in [2.75, 3.05) is 13.2 Å². The molecule has 0 aliphatic carbocycles. The topological polar surface area (TPSA) is 78.9 Å². The standard InChI is InChI=1S/C62H104O6/c1-4-7-10-13-16-19-22-25-27-29-31-33-34-37-40-43-46-49-52-55-61(64)67-58-59(57-66-60(63)54-51-48-45-42-39-36-24-21-18-15-12-9-6-3)68-62(65)56-53-50-47-44-41-38-35-32-30-28-26-23-20-17-14-11-8-5-2/h7,10,16,19,25,27,31-33,35-37,39-40,45,48,59H,4-6,8-9,11-15,17-18,20-24,26,28-30,34,38,41-44,46-47,49-58H2,1-3H3/b10-7-,19-16-,27-25-,33-31-,35-32-,39-36-,40-37-,48-45-. The van der Waals surface area contributed by atoms with Crippen molar-refractivity contribution in [1.82, 2.24) is 0 Å². The summed E-state index contributed by atoms with van der Waals surface area (Å²) in [5, 5.41) is 0. The lowest BCUT2D eigenvalue weighted by Gasteiger charge is -2.18. The van der Waals surface area contributed by atoms with Crippen LogP contribution in [0.4, 0.5) is 0 Å². The Labute approximate surface area is 419 Å². The van der Waals surface area contributed by atoms with Crippen molar-refractivity contribution in [3.05, 3.63) is 97.2 Å². The zero-order valence-electron chi connectivity index (χ0n) is 44.3. The van der Waals surface area contributed by atoms with E-state index in [0.717, 1.165) is 103 Å². The highest BCUT2D eigenvalue weighted by Gasteiger charge is 2.19. The monoisotopic (exact) mass is 945 g/mol. The smallest absolute Gasteiger partial charge is 0.306 e. The molecule has 0 amide bonds. The van der Waals surface area contributed by atoms with Crippen LogP contribution >= 0.6 is 0 Å². The maximum absolute atomic E-state index is 12.8. The number of unbranched alkanes of at least 4 members (excludes halogenated alkanes) is 23. The minimum absolute atomic E-state index is 0.116. The van der Waals surface area contributed by atoms with Crippen molar-refractivity contribution < 1.29 is 28.6 Å². The number of carbonyl (C=O) groups excluding carboxylic acids is 3. The number of allylic oxidation sites excluding steroid dienone is 16. The first-order valence-corrected chi connectivity index (χ1v) is 28.2. The van der Waals surface area contributed by atoms with Crippen LogP contribution < -0.4 is 0 Å². The summed E-state index contributed by atoms with van der Waals surface area (Å²) in [5.74, 6) is -1.02. The zero-order chi connectivity index (χ0) is 49.3. The third-order valence-corrected chi connectivity index (χ3v) is 11.8. The Morgan fingerprint density at radius 1 is 0.309 bits per heavy atom. The van der Waals surface area contributed by atoms with E-state index in [2.05, 4.69) is 112 Å². The predicted molar refractivity (Wildman–Crippen MR) is 293 cm³/mol. The van der Waals surface area contributed by atoms with E-state index in [1.807, 2.05) is 6.08 Å². The fourth-order valence-electron chi connectivity index (χ4n) is 7.57. The quantitative estimate of drug-likeness (QED) is 0.0262. The van der Waals surface area contributed by atoms with Gasteiger partial charge in [0.25, 0.3) is 0 Å². The van der Waals surface area contributed by atoms with Gasteiger partial charge >= 0.3 is 17.9 Å². The van der Waals surface area contributed by atoms with Crippen LogP contribution in [0.15, 0.2) is 97.2 Å². The molecule has 0 aromatic rings. The van der Waals surface area contributed by atoms with E-state index in [0.29, 0.717) is 19.3 Å². The number of ether oxygens (including phenoxy) is 3. The summed E-state index contributed by atoms with van der Waals surface area (Å²) in [5.41, 5.74) is 0. The molecular weight excluding hydrogens is 841 g/mol. The summed E-state index contributed by atoms with van der Waals surface area (Å²) in [7, 11) is 0. The molecule has 0 saturated heterocycles. The van der Waals surface area contributed by atoms with Gasteiger partial charge in [0, 0.05) is 19.3 Å². The molecule has 0 bridgehead atoms. The molecule has 0 spiro atoms. The van der Waals surface area contributed by atoms with Gasteiger partial charge in [0.05, 0.1) is 0 Å². The number of esters is 3. The zero-order valence-corrected chi connectivity index (χ0v) is 44.3. The van der Waals surface area contributed by atoms with Crippen molar-refractivity contribution >= 4 is 17.9 Å². The van der Waals surface area contributed by atoms with Gasteiger partial charge in [-0.25, -0.2) is 0 Å². The van der Waals surface area contributed by atoms with Gasteiger partial charge in [-0.2, -0.15) is 0 Å². The fourth-order valence-corrected chi connectivity index (χ4v) is 7.57. The van der Waals surface area contributed by atoms with Gasteiger partial charge in [0.15, 0.2) is 6.10 Å². The predicted octanol–water partition coefficient (Wildman–Crippen LogP) is 18.9. The van der Waals surface area contributed by atoms with E-state index in [-0.39, 0.29) is 37.5 Å². The average Bonchev–Trinajstić information content (AvgIpc) is 3.34. The summed E-state index contributed by atoms with van der Waals surface area (Å²) in [4.78, 5) is 38.1. The Hall–Kier alpha value is -3.67. The van der Waals surface area contributed by atoms with Gasteiger partial charge in [-0.1, -0.05) is 227 Å². The highest BCUT2D eigenvalue weighted by Crippen LogP contribution is 2.14. The van der Waals surface area contributed by atoms with E-state index < -0.39 is 6.10 Å². The number of carbonyl (C=O) groups is 3. The molecule has 0 rings (SSSR count). The maximum Gasteiger partial charge on any atom is 0.306 e. The largest absolute Gasteiger partial charge is 0.462 e. The molecule has 388 valence electrons. The Kier molecular flexibility index (Phi) is 52.9. The molecular formula is C62H104O6. The first kappa shape index (κ1) is 64.3. The minimum atomic E-state index is -0.819. The summed E-state index contributed by atoms with van der Waals surface area (Å²) >= 11 is 0. The molecule has 0 fully saturated rings. The van der Waals surface area contributed by atoms with Gasteiger partial charge in [-0.3, -0.25) is 14.4 Å². The Bertz CT molecular complexity index is 1360. The molecule has 0 aromatic heterocycles. The molecule has 0 saturated carbocycles. The van der Waals surface area contributed by atoms with Crippen LogP contribution in [0.5, 0.6) is 0 Å². The molecule has 0 aliphatic rings. The van der Waals surface area contributed by atoms with Crippen molar-refractivity contribution in [1.29, 1.82) is 0 Å². The van der Waals surface area contributed by atoms with Crippen molar-refractivity contribution in [2.24, 2.45) is 0 Å². The lowest BCUT2D eigenvalue weighted by Crippen LogP contribution is -2.30. The highest BCUT2D eigenvalue weighted by atomic mass is 16.6. The first-order chi connectivity index (χ1) is 33.5. The SMILES string of the molecule is CC/C=C\C/C=C\C/C=C\C/C=C\C/C=C\CCCCCC(=O)OCC(COC(=O)CC/C=C\C/C=C\CCCCCCCC)OC(=O)CCCCCCC/C=C\CCCCCCCCCCC. The molecule has 0 aliphatic heterocycles. The van der Waals surface area contributed by atoms with Crippen LogP contribution in [0.1, 0.15) is 258 Å². The third-order valence-electron chi connectivity index (χ3n) is 11.8. The van der Waals surface area contributed by atoms with Gasteiger partial charge in [-0.05, 0) is 109 Å². The average molecular weight is 946 g/mol. The van der Waals surface area contributed by atoms with Crippen molar-refractivity contribution in [2.45, 2.75) is 264 Å². The molecule has 0 heterocycles. The first-order valence-electron chi connectivity index (χ1n) is 28.2. The van der Waals surface area contributed by atoms with Crippen molar-refractivity contribution in [3.63, 3.8) is 0 Å². The van der Waals surface area contributed by atoms with Gasteiger partial charge in [0.1, 0.15) is 13.2 Å². The van der Waals surface area contributed by atoms with E-state index in [9.17, 15) is 14.4 Å². The van der Waals surface area contributed by atoms with Crippen LogP contribution in [0.25, 0.3) is 0 Å². The minimum Gasteiger partial charge on any atom is -0.462 e. The summed E-state index contributed by atoms with van der Waals surface area (Å²) in [6.07, 6.45) is 74.1.